The molecule has 0 aliphatic heterocycles. The summed E-state index contributed by atoms with van der Waals surface area (Å²) in [6, 6.07) is 0. The minimum atomic E-state index is -0.512. The Balaban J connectivity index is 2.14. The lowest BCUT2D eigenvalue weighted by atomic mass is 10.0. The van der Waals surface area contributed by atoms with Crippen molar-refractivity contribution in [2.45, 2.75) is 58.3 Å². The average molecular weight is 287 g/mol. The van der Waals surface area contributed by atoms with Crippen LogP contribution in [0, 0.1) is 5.92 Å². The van der Waals surface area contributed by atoms with E-state index >= 15 is 0 Å². The van der Waals surface area contributed by atoms with Crippen LogP contribution in [0.2, 0.25) is 5.02 Å². The fourth-order valence-corrected chi connectivity index (χ4v) is 2.96. The molecular weight excluding hydrogens is 264 g/mol. The van der Waals surface area contributed by atoms with Gasteiger partial charge in [0, 0.05) is 20.1 Å². The zero-order valence-electron chi connectivity index (χ0n) is 11.9. The first-order valence-corrected chi connectivity index (χ1v) is 7.45. The normalized spacial score (nSPS) is 18.6. The molecule has 2 unspecified atom stereocenters. The minimum absolute atomic E-state index is 0.0821. The van der Waals surface area contributed by atoms with Crippen molar-refractivity contribution in [3.8, 4) is 0 Å². The van der Waals surface area contributed by atoms with Gasteiger partial charge in [-0.2, -0.15) is 5.10 Å². The number of hydrogen-bond donors (Lipinski definition) is 1. The Bertz CT molecular complexity index is 429. The van der Waals surface area contributed by atoms with Crippen molar-refractivity contribution in [1.29, 1.82) is 0 Å². The van der Waals surface area contributed by atoms with E-state index in [1.165, 1.54) is 0 Å². The Labute approximate surface area is 119 Å². The van der Waals surface area contributed by atoms with E-state index in [0.29, 0.717) is 17.4 Å². The van der Waals surface area contributed by atoms with Gasteiger partial charge in [-0.25, -0.2) is 0 Å². The predicted molar refractivity (Wildman–Crippen MR) is 75.5 cm³/mol. The number of methoxy groups -OCH3 is 1. The summed E-state index contributed by atoms with van der Waals surface area (Å²) in [6.07, 6.45) is 3.02. The van der Waals surface area contributed by atoms with E-state index in [0.717, 1.165) is 37.2 Å². The van der Waals surface area contributed by atoms with Crippen molar-refractivity contribution < 1.29 is 9.84 Å². The number of nitrogens with zero attached hydrogens (tertiary/aromatic N) is 2. The van der Waals surface area contributed by atoms with Gasteiger partial charge in [-0.3, -0.25) is 4.68 Å². The Kier molecular flexibility index (Phi) is 4.87. The first-order valence-electron chi connectivity index (χ1n) is 7.07. The van der Waals surface area contributed by atoms with E-state index < -0.39 is 6.10 Å². The van der Waals surface area contributed by atoms with Gasteiger partial charge in [-0.05, 0) is 32.1 Å². The van der Waals surface area contributed by atoms with Crippen LogP contribution in [0.3, 0.4) is 0 Å². The third-order valence-electron chi connectivity index (χ3n) is 3.83. The predicted octanol–water partition coefficient (Wildman–Crippen LogP) is 2.45. The molecule has 0 spiro atoms. The summed E-state index contributed by atoms with van der Waals surface area (Å²) in [4.78, 5) is 0. The SMILES string of the molecule is CCc1nn(CC)c(CC(O)C(OC)C2CC2)c1Cl. The van der Waals surface area contributed by atoms with Crippen LogP contribution in [0.4, 0.5) is 0 Å². The van der Waals surface area contributed by atoms with Crippen LogP contribution in [-0.2, 0) is 24.1 Å². The van der Waals surface area contributed by atoms with Crippen LogP contribution >= 0.6 is 11.6 Å². The van der Waals surface area contributed by atoms with Crippen LogP contribution in [0.5, 0.6) is 0 Å². The van der Waals surface area contributed by atoms with Gasteiger partial charge >= 0.3 is 0 Å². The van der Waals surface area contributed by atoms with Gasteiger partial charge in [0.2, 0.25) is 0 Å². The molecule has 0 saturated heterocycles. The molecule has 2 atom stereocenters. The van der Waals surface area contributed by atoms with Gasteiger partial charge in [0.1, 0.15) is 0 Å². The summed E-state index contributed by atoms with van der Waals surface area (Å²) >= 11 is 6.36. The lowest BCUT2D eigenvalue weighted by Crippen LogP contribution is -2.32. The molecule has 0 aromatic carbocycles. The zero-order chi connectivity index (χ0) is 14.0. The van der Waals surface area contributed by atoms with E-state index in [1.54, 1.807) is 7.11 Å². The third kappa shape index (κ3) is 3.12. The molecule has 1 aromatic rings. The van der Waals surface area contributed by atoms with Crippen LogP contribution in [0.1, 0.15) is 38.1 Å². The zero-order valence-corrected chi connectivity index (χ0v) is 12.7. The monoisotopic (exact) mass is 286 g/mol. The van der Waals surface area contributed by atoms with Gasteiger partial charge in [0.15, 0.2) is 0 Å². The fourth-order valence-electron chi connectivity index (χ4n) is 2.62. The number of hydrogen-bond acceptors (Lipinski definition) is 3. The van der Waals surface area contributed by atoms with Crippen LogP contribution in [0.25, 0.3) is 0 Å². The molecule has 1 heterocycles. The highest BCUT2D eigenvalue weighted by Crippen LogP contribution is 2.36. The van der Waals surface area contributed by atoms with Gasteiger partial charge in [-0.15, -0.1) is 0 Å². The van der Waals surface area contributed by atoms with Crippen molar-refractivity contribution in [3.05, 3.63) is 16.4 Å². The summed E-state index contributed by atoms with van der Waals surface area (Å²) in [5, 5.41) is 15.6. The number of aliphatic hydroxyl groups is 1. The molecule has 108 valence electrons. The largest absolute Gasteiger partial charge is 0.390 e. The van der Waals surface area contributed by atoms with Gasteiger partial charge in [0.05, 0.1) is 28.6 Å². The third-order valence-corrected chi connectivity index (χ3v) is 4.27. The molecule has 0 bridgehead atoms. The van der Waals surface area contributed by atoms with Crippen LogP contribution < -0.4 is 0 Å². The molecule has 1 fully saturated rings. The molecular formula is C14H23ClN2O2. The highest BCUT2D eigenvalue weighted by molar-refractivity contribution is 6.31. The van der Waals surface area contributed by atoms with Gasteiger partial charge < -0.3 is 9.84 Å². The van der Waals surface area contributed by atoms with Crippen LogP contribution in [-0.4, -0.2) is 34.2 Å². The maximum Gasteiger partial charge on any atom is 0.0862 e. The van der Waals surface area contributed by atoms with E-state index in [9.17, 15) is 5.11 Å². The van der Waals surface area contributed by atoms with Crippen molar-refractivity contribution in [2.24, 2.45) is 5.92 Å². The summed E-state index contributed by atoms with van der Waals surface area (Å²) in [5.41, 5.74) is 1.84. The van der Waals surface area contributed by atoms with Gasteiger partial charge in [-0.1, -0.05) is 18.5 Å². The maximum absolute atomic E-state index is 10.4. The molecule has 0 amide bonds. The second-order valence-corrected chi connectivity index (χ2v) is 5.56. The molecule has 1 aromatic heterocycles. The van der Waals surface area contributed by atoms with E-state index in [1.807, 2.05) is 18.5 Å². The summed E-state index contributed by atoms with van der Waals surface area (Å²) in [7, 11) is 1.67. The Morgan fingerprint density at radius 1 is 1.47 bits per heavy atom. The first-order chi connectivity index (χ1) is 9.12. The highest BCUT2D eigenvalue weighted by atomic mass is 35.5. The average Bonchev–Trinajstić information content (AvgIpc) is 3.18. The second kappa shape index (κ2) is 6.25. The number of ether oxygens (including phenoxy) is 1. The number of aliphatic hydroxyl groups excluding tert-OH is 1. The number of aromatic nitrogens is 2. The van der Waals surface area contributed by atoms with Crippen molar-refractivity contribution in [1.82, 2.24) is 9.78 Å². The number of rotatable bonds is 7. The number of halogens is 1. The summed E-state index contributed by atoms with van der Waals surface area (Å²) in [6.45, 7) is 4.84. The molecule has 1 saturated carbocycles. The molecule has 0 radical (unpaired) electrons. The summed E-state index contributed by atoms with van der Waals surface area (Å²) in [5.74, 6) is 0.502. The van der Waals surface area contributed by atoms with Gasteiger partial charge in [0.25, 0.3) is 0 Å². The molecule has 4 nitrogen and oxygen atoms in total. The summed E-state index contributed by atoms with van der Waals surface area (Å²) < 4.78 is 7.32. The standard InChI is InChI=1S/C14H23ClN2O2/c1-4-10-13(15)11(17(5-2)16-10)8-12(18)14(19-3)9-6-7-9/h9,12,14,18H,4-8H2,1-3H3. The molecule has 1 N–H and O–H groups in total. The maximum atomic E-state index is 10.4. The van der Waals surface area contributed by atoms with Crippen molar-refractivity contribution >= 4 is 11.6 Å². The fraction of sp³-hybridized carbons (Fsp3) is 0.786. The lowest BCUT2D eigenvalue weighted by molar-refractivity contribution is -0.0245. The first kappa shape index (κ1) is 14.8. The molecule has 19 heavy (non-hydrogen) atoms. The Morgan fingerprint density at radius 2 is 2.16 bits per heavy atom. The second-order valence-electron chi connectivity index (χ2n) is 5.19. The quantitative estimate of drug-likeness (QED) is 0.837. The molecule has 5 heteroatoms. The van der Waals surface area contributed by atoms with E-state index in [-0.39, 0.29) is 6.10 Å². The molecule has 2 rings (SSSR count). The molecule has 1 aliphatic carbocycles. The topological polar surface area (TPSA) is 47.3 Å². The van der Waals surface area contributed by atoms with Crippen molar-refractivity contribution in [2.75, 3.05) is 7.11 Å². The Hall–Kier alpha value is -0.580. The van der Waals surface area contributed by atoms with Crippen molar-refractivity contribution in [3.63, 3.8) is 0 Å². The van der Waals surface area contributed by atoms with Crippen LogP contribution in [0.15, 0.2) is 0 Å². The van der Waals surface area contributed by atoms with E-state index in [2.05, 4.69) is 5.10 Å². The number of aryl methyl sites for hydroxylation is 2. The lowest BCUT2D eigenvalue weighted by Gasteiger charge is -2.21. The highest BCUT2D eigenvalue weighted by Gasteiger charge is 2.36. The molecule has 1 aliphatic rings. The smallest absolute Gasteiger partial charge is 0.0862 e. The Morgan fingerprint density at radius 3 is 2.63 bits per heavy atom. The minimum Gasteiger partial charge on any atom is -0.390 e. The van der Waals surface area contributed by atoms with E-state index in [4.69, 9.17) is 16.3 Å².